The van der Waals surface area contributed by atoms with Gasteiger partial charge in [0.25, 0.3) is 0 Å². The van der Waals surface area contributed by atoms with Crippen LogP contribution in [0.5, 0.6) is 0 Å². The molecule has 0 bridgehead atoms. The number of ether oxygens (including phenoxy) is 2. The molecule has 0 aliphatic carbocycles. The summed E-state index contributed by atoms with van der Waals surface area (Å²) in [7, 11) is 0. The third-order valence-corrected chi connectivity index (χ3v) is 1.05. The van der Waals surface area contributed by atoms with Crippen molar-refractivity contribution in [2.75, 3.05) is 13.2 Å². The minimum atomic E-state index is 0.698. The van der Waals surface area contributed by atoms with Gasteiger partial charge in [0.2, 0.25) is 0 Å². The number of rotatable bonds is 1. The normalized spacial score (nSPS) is 18.4. The Labute approximate surface area is 49.1 Å². The largest absolute Gasteiger partial charge is 0.494 e. The van der Waals surface area contributed by atoms with Gasteiger partial charge in [-0.15, -0.1) is 0 Å². The Morgan fingerprint density at radius 3 is 2.88 bits per heavy atom. The molecule has 2 heteroatoms. The van der Waals surface area contributed by atoms with Gasteiger partial charge >= 0.3 is 0 Å². The van der Waals surface area contributed by atoms with Gasteiger partial charge < -0.3 is 9.47 Å². The molecule has 0 saturated heterocycles. The lowest BCUT2D eigenvalue weighted by atomic mass is 10.4. The Balaban J connectivity index is 2.37. The molecule has 0 aromatic rings. The maximum atomic E-state index is 5.16. The fraction of sp³-hybridized carbons (Fsp3) is 0.667. The first-order chi connectivity index (χ1) is 3.93. The Morgan fingerprint density at radius 2 is 2.50 bits per heavy atom. The first kappa shape index (κ1) is 5.48. The lowest BCUT2D eigenvalue weighted by Crippen LogP contribution is -2.07. The third-order valence-electron chi connectivity index (χ3n) is 1.05. The zero-order chi connectivity index (χ0) is 5.82. The molecule has 0 N–H and O–H groups in total. The lowest BCUT2D eigenvalue weighted by molar-refractivity contribution is 0.0804. The van der Waals surface area contributed by atoms with Crippen molar-refractivity contribution in [1.82, 2.24) is 0 Å². The van der Waals surface area contributed by atoms with E-state index < -0.39 is 0 Å². The number of allylic oxidation sites excluding steroid dienone is 1. The standard InChI is InChI=1S/C6H10O2/c1-2-6-5-7-3-4-8-6/h5H,2-4H2,1H3. The average Bonchev–Trinajstić information content (AvgIpc) is 1.90. The molecule has 1 rings (SSSR count). The molecule has 0 radical (unpaired) electrons. The molecule has 0 fully saturated rings. The highest BCUT2D eigenvalue weighted by Crippen LogP contribution is 2.06. The minimum absolute atomic E-state index is 0.698. The van der Waals surface area contributed by atoms with Crippen LogP contribution in [0, 0.1) is 0 Å². The maximum absolute atomic E-state index is 5.16. The van der Waals surface area contributed by atoms with Crippen LogP contribution < -0.4 is 0 Å². The molecule has 0 amide bonds. The van der Waals surface area contributed by atoms with Crippen LogP contribution in [0.3, 0.4) is 0 Å². The van der Waals surface area contributed by atoms with Crippen molar-refractivity contribution >= 4 is 0 Å². The molecule has 0 saturated carbocycles. The van der Waals surface area contributed by atoms with Crippen LogP contribution in [0.25, 0.3) is 0 Å². The van der Waals surface area contributed by atoms with Gasteiger partial charge in [-0.25, -0.2) is 0 Å². The summed E-state index contributed by atoms with van der Waals surface area (Å²) in [6, 6.07) is 0. The SMILES string of the molecule is CCC1=COCCO1. The summed E-state index contributed by atoms with van der Waals surface area (Å²) >= 11 is 0. The van der Waals surface area contributed by atoms with Crippen molar-refractivity contribution in [1.29, 1.82) is 0 Å². The summed E-state index contributed by atoms with van der Waals surface area (Å²) in [5.74, 6) is 0.955. The summed E-state index contributed by atoms with van der Waals surface area (Å²) in [6.07, 6.45) is 2.61. The van der Waals surface area contributed by atoms with E-state index in [0.717, 1.165) is 12.2 Å². The van der Waals surface area contributed by atoms with E-state index in [4.69, 9.17) is 9.47 Å². The quantitative estimate of drug-likeness (QED) is 0.511. The topological polar surface area (TPSA) is 18.5 Å². The van der Waals surface area contributed by atoms with Crippen molar-refractivity contribution in [2.24, 2.45) is 0 Å². The molecule has 0 unspecified atom stereocenters. The van der Waals surface area contributed by atoms with Crippen LogP contribution in [0.4, 0.5) is 0 Å². The van der Waals surface area contributed by atoms with Gasteiger partial charge in [-0.2, -0.15) is 0 Å². The Morgan fingerprint density at radius 1 is 1.62 bits per heavy atom. The van der Waals surface area contributed by atoms with E-state index in [0.29, 0.717) is 13.2 Å². The molecule has 2 nitrogen and oxygen atoms in total. The highest BCUT2D eigenvalue weighted by Gasteiger charge is 1.99. The van der Waals surface area contributed by atoms with E-state index >= 15 is 0 Å². The summed E-state index contributed by atoms with van der Waals surface area (Å²) in [5.41, 5.74) is 0. The molecule has 0 aromatic carbocycles. The molecule has 0 atom stereocenters. The second-order valence-corrected chi connectivity index (χ2v) is 1.66. The average molecular weight is 114 g/mol. The number of hydrogen-bond acceptors (Lipinski definition) is 2. The molecule has 0 aromatic heterocycles. The Bertz CT molecular complexity index is 96.7. The van der Waals surface area contributed by atoms with Gasteiger partial charge in [0, 0.05) is 6.42 Å². The second-order valence-electron chi connectivity index (χ2n) is 1.66. The van der Waals surface area contributed by atoms with E-state index in [1.807, 2.05) is 6.92 Å². The lowest BCUT2D eigenvalue weighted by Gasteiger charge is -2.13. The molecule has 1 heterocycles. The van der Waals surface area contributed by atoms with Gasteiger partial charge in [0.05, 0.1) is 0 Å². The van der Waals surface area contributed by atoms with Crippen LogP contribution in [0.15, 0.2) is 12.0 Å². The molecule has 46 valence electrons. The van der Waals surface area contributed by atoms with Crippen molar-refractivity contribution in [3.8, 4) is 0 Å². The van der Waals surface area contributed by atoms with Crippen molar-refractivity contribution in [3.05, 3.63) is 12.0 Å². The van der Waals surface area contributed by atoms with Crippen LogP contribution in [-0.2, 0) is 9.47 Å². The molecular formula is C6H10O2. The summed E-state index contributed by atoms with van der Waals surface area (Å²) < 4.78 is 10.1. The van der Waals surface area contributed by atoms with Crippen molar-refractivity contribution in [2.45, 2.75) is 13.3 Å². The van der Waals surface area contributed by atoms with Gasteiger partial charge in [0.15, 0.2) is 0 Å². The maximum Gasteiger partial charge on any atom is 0.130 e. The van der Waals surface area contributed by atoms with Crippen molar-refractivity contribution in [3.63, 3.8) is 0 Å². The van der Waals surface area contributed by atoms with Gasteiger partial charge in [-0.05, 0) is 0 Å². The smallest absolute Gasteiger partial charge is 0.130 e. The van der Waals surface area contributed by atoms with Crippen LogP contribution in [-0.4, -0.2) is 13.2 Å². The summed E-state index contributed by atoms with van der Waals surface area (Å²) in [6.45, 7) is 3.45. The molecular weight excluding hydrogens is 104 g/mol. The fourth-order valence-corrected chi connectivity index (χ4v) is 0.592. The Hall–Kier alpha value is -0.660. The van der Waals surface area contributed by atoms with Crippen LogP contribution in [0.1, 0.15) is 13.3 Å². The fourth-order valence-electron chi connectivity index (χ4n) is 0.592. The summed E-state index contributed by atoms with van der Waals surface area (Å²) in [4.78, 5) is 0. The minimum Gasteiger partial charge on any atom is -0.494 e. The van der Waals surface area contributed by atoms with E-state index in [2.05, 4.69) is 0 Å². The first-order valence-electron chi connectivity index (χ1n) is 2.87. The highest BCUT2D eigenvalue weighted by atomic mass is 16.6. The zero-order valence-corrected chi connectivity index (χ0v) is 5.02. The second kappa shape index (κ2) is 2.60. The highest BCUT2D eigenvalue weighted by molar-refractivity contribution is 4.87. The monoisotopic (exact) mass is 114 g/mol. The molecule has 0 spiro atoms. The predicted molar refractivity (Wildman–Crippen MR) is 30.3 cm³/mol. The third kappa shape index (κ3) is 1.15. The molecule has 1 aliphatic heterocycles. The van der Waals surface area contributed by atoms with E-state index in [9.17, 15) is 0 Å². The van der Waals surface area contributed by atoms with Crippen LogP contribution >= 0.6 is 0 Å². The summed E-state index contributed by atoms with van der Waals surface area (Å²) in [5, 5.41) is 0. The van der Waals surface area contributed by atoms with E-state index in [1.165, 1.54) is 0 Å². The van der Waals surface area contributed by atoms with Gasteiger partial charge in [-0.1, -0.05) is 6.92 Å². The number of hydrogen-bond donors (Lipinski definition) is 0. The van der Waals surface area contributed by atoms with Gasteiger partial charge in [0.1, 0.15) is 25.2 Å². The van der Waals surface area contributed by atoms with Crippen LogP contribution in [0.2, 0.25) is 0 Å². The van der Waals surface area contributed by atoms with E-state index in [-0.39, 0.29) is 0 Å². The van der Waals surface area contributed by atoms with E-state index in [1.54, 1.807) is 6.26 Å². The molecule has 1 aliphatic rings. The Kier molecular flexibility index (Phi) is 1.78. The first-order valence-corrected chi connectivity index (χ1v) is 2.87. The zero-order valence-electron chi connectivity index (χ0n) is 5.02. The predicted octanol–water partition coefficient (Wildman–Crippen LogP) is 1.28. The molecule has 8 heavy (non-hydrogen) atoms. The van der Waals surface area contributed by atoms with Gasteiger partial charge in [-0.3, -0.25) is 0 Å². The van der Waals surface area contributed by atoms with Crippen molar-refractivity contribution < 1.29 is 9.47 Å².